The molecule has 0 heterocycles. The van der Waals surface area contributed by atoms with Crippen molar-refractivity contribution in [1.82, 2.24) is 0 Å². The number of carbonyl (C=O) groups excluding carboxylic acids is 3. The first-order valence-corrected chi connectivity index (χ1v) is 57.8. The minimum Gasteiger partial charge on any atom is -0.463 e. The molecule has 0 aliphatic heterocycles. The van der Waals surface area contributed by atoms with Gasteiger partial charge in [0.15, 0.2) is 6.10 Å². The number of allylic oxidation sites excluding steroid dienone is 26. The standard InChI is InChI=1S/C115H202O16P2/c1-4-7-10-13-16-19-22-25-28-31-34-37-40-43-46-49-51-53-54-56-58-60-62-65-68-71-74-77-80-83-86-89-92-95-98-101-113(118)125-104-110(116)105-127-132(121,122)128-106-111(117)107-129-133(123,124)130-109-112(131-115(120)103-100-97-94-91-88-85-82-79-76-73-70-67-64-59-48-45-42-39-36-33-30-27-24-21-18-15-12-9-6-3)108-126-114(119)102-99-96-93-90-87-84-81-78-75-72-69-66-63-61-57-55-52-50-47-44-41-38-35-32-29-26-23-20-17-14-11-8-5-2/h7,10,16-21,25-30,34-39,43-48,110-112,116-117H,4-6,8-9,11-15,22-24,31-33,40-42,49-109H2,1-3H3,(H,121,122)(H,123,124)/b10-7-,19-16-,20-17-,21-18-,28-25-,29-26-,30-27-,37-34-,38-35-,39-36-,46-43-,47-44-,48-45-. The van der Waals surface area contributed by atoms with E-state index in [2.05, 4.69) is 179 Å². The van der Waals surface area contributed by atoms with Crippen LogP contribution in [0.1, 0.15) is 496 Å². The van der Waals surface area contributed by atoms with Crippen LogP contribution < -0.4 is 0 Å². The summed E-state index contributed by atoms with van der Waals surface area (Å²) in [6.45, 7) is 2.62. The number of aliphatic hydroxyl groups excluding tert-OH is 2. The summed E-state index contributed by atoms with van der Waals surface area (Å²) in [4.78, 5) is 59.3. The molecule has 5 atom stereocenters. The second kappa shape index (κ2) is 106. The van der Waals surface area contributed by atoms with E-state index in [1.807, 2.05) is 0 Å². The summed E-state index contributed by atoms with van der Waals surface area (Å²) in [5, 5.41) is 20.8. The third-order valence-corrected chi connectivity index (χ3v) is 25.6. The largest absolute Gasteiger partial charge is 0.472 e. The summed E-state index contributed by atoms with van der Waals surface area (Å²) in [5.41, 5.74) is 0. The number of aliphatic hydroxyl groups is 2. The highest BCUT2D eigenvalue weighted by Crippen LogP contribution is 2.45. The Bertz CT molecular complexity index is 3050. The molecule has 5 unspecified atom stereocenters. The third kappa shape index (κ3) is 107. The number of carbonyl (C=O) groups is 3. The maximum Gasteiger partial charge on any atom is 0.472 e. The normalized spacial score (nSPS) is 14.2. The molecule has 16 nitrogen and oxygen atoms in total. The van der Waals surface area contributed by atoms with Gasteiger partial charge in [0.2, 0.25) is 0 Å². The summed E-state index contributed by atoms with van der Waals surface area (Å²) in [6, 6.07) is 0. The molecule has 0 fully saturated rings. The number of esters is 3. The van der Waals surface area contributed by atoms with Gasteiger partial charge in [-0.05, 0) is 154 Å². The average Bonchev–Trinajstić information content (AvgIpc) is 0.896. The van der Waals surface area contributed by atoms with Gasteiger partial charge in [0, 0.05) is 19.3 Å². The van der Waals surface area contributed by atoms with E-state index in [0.29, 0.717) is 19.3 Å². The molecule has 133 heavy (non-hydrogen) atoms. The van der Waals surface area contributed by atoms with Crippen LogP contribution in [0.2, 0.25) is 0 Å². The maximum absolute atomic E-state index is 13.2. The zero-order valence-corrected chi connectivity index (χ0v) is 87.2. The molecule has 0 saturated carbocycles. The predicted molar refractivity (Wildman–Crippen MR) is 565 cm³/mol. The number of rotatable bonds is 104. The lowest BCUT2D eigenvalue weighted by Crippen LogP contribution is -2.30. The lowest BCUT2D eigenvalue weighted by Gasteiger charge is -2.21. The molecule has 0 aromatic rings. The third-order valence-electron chi connectivity index (χ3n) is 23.7. The highest BCUT2D eigenvalue weighted by Gasteiger charge is 2.30. The van der Waals surface area contributed by atoms with E-state index in [0.717, 1.165) is 141 Å². The van der Waals surface area contributed by atoms with Crippen LogP contribution >= 0.6 is 15.6 Å². The molecule has 0 radical (unpaired) electrons. The van der Waals surface area contributed by atoms with Crippen molar-refractivity contribution in [3.8, 4) is 0 Å². The van der Waals surface area contributed by atoms with E-state index >= 15 is 0 Å². The Morgan fingerprint density at radius 2 is 0.398 bits per heavy atom. The molecule has 0 aromatic heterocycles. The Labute approximate surface area is 816 Å². The molecule has 0 bridgehead atoms. The second-order valence-corrected chi connectivity index (χ2v) is 39.6. The van der Waals surface area contributed by atoms with Crippen molar-refractivity contribution in [2.75, 3.05) is 39.6 Å². The van der Waals surface area contributed by atoms with Crippen LogP contribution in [-0.4, -0.2) is 95.9 Å². The molecule has 4 N–H and O–H groups in total. The number of phosphoric acid groups is 2. The molecule has 0 saturated heterocycles. The first kappa shape index (κ1) is 128. The molecular formula is C115H202O16P2. The second-order valence-electron chi connectivity index (χ2n) is 36.7. The quantitative estimate of drug-likeness (QED) is 0.0146. The summed E-state index contributed by atoms with van der Waals surface area (Å²) in [6.07, 6.45) is 139. The van der Waals surface area contributed by atoms with Crippen molar-refractivity contribution in [3.63, 3.8) is 0 Å². The molecule has 768 valence electrons. The van der Waals surface area contributed by atoms with E-state index in [1.54, 1.807) is 0 Å². The Morgan fingerprint density at radius 3 is 0.632 bits per heavy atom. The fourth-order valence-electron chi connectivity index (χ4n) is 15.5. The van der Waals surface area contributed by atoms with Crippen molar-refractivity contribution in [2.45, 2.75) is 514 Å². The first-order valence-electron chi connectivity index (χ1n) is 54.8. The van der Waals surface area contributed by atoms with E-state index in [4.69, 9.17) is 32.3 Å². The highest BCUT2D eigenvalue weighted by atomic mass is 31.2. The molecule has 0 spiro atoms. The van der Waals surface area contributed by atoms with E-state index in [9.17, 15) is 43.5 Å². The van der Waals surface area contributed by atoms with E-state index in [-0.39, 0.29) is 19.3 Å². The van der Waals surface area contributed by atoms with Crippen LogP contribution in [0.3, 0.4) is 0 Å². The van der Waals surface area contributed by atoms with Gasteiger partial charge in [-0.15, -0.1) is 0 Å². The van der Waals surface area contributed by atoms with Crippen LogP contribution in [0.5, 0.6) is 0 Å². The zero-order valence-electron chi connectivity index (χ0n) is 85.4. The lowest BCUT2D eigenvalue weighted by atomic mass is 10.0. The summed E-state index contributed by atoms with van der Waals surface area (Å²) < 4.78 is 61.8. The molecule has 18 heteroatoms. The van der Waals surface area contributed by atoms with Gasteiger partial charge in [-0.3, -0.25) is 32.5 Å². The molecule has 0 aromatic carbocycles. The minimum absolute atomic E-state index is 0.103. The Morgan fingerprint density at radius 1 is 0.218 bits per heavy atom. The molecule has 0 rings (SSSR count). The first-order chi connectivity index (χ1) is 65.2. The number of hydrogen-bond acceptors (Lipinski definition) is 14. The van der Waals surface area contributed by atoms with Crippen LogP contribution in [0.4, 0.5) is 0 Å². The van der Waals surface area contributed by atoms with Crippen LogP contribution in [0, 0.1) is 0 Å². The average molecular weight is 1900 g/mol. The maximum atomic E-state index is 13.2. The van der Waals surface area contributed by atoms with Crippen molar-refractivity contribution >= 4 is 33.6 Å². The van der Waals surface area contributed by atoms with Gasteiger partial charge < -0.3 is 34.2 Å². The Kier molecular flexibility index (Phi) is 102. The summed E-state index contributed by atoms with van der Waals surface area (Å²) in [5.74, 6) is -1.55. The molecular weight excluding hydrogens is 1700 g/mol. The minimum atomic E-state index is -4.95. The number of ether oxygens (including phenoxy) is 3. The monoisotopic (exact) mass is 1900 g/mol. The molecule has 0 aliphatic carbocycles. The van der Waals surface area contributed by atoms with Crippen LogP contribution in [0.25, 0.3) is 0 Å². The van der Waals surface area contributed by atoms with Gasteiger partial charge in [0.05, 0.1) is 26.4 Å². The molecule has 0 aliphatic rings. The van der Waals surface area contributed by atoms with Gasteiger partial charge in [-0.1, -0.05) is 481 Å². The van der Waals surface area contributed by atoms with Crippen LogP contribution in [-0.2, 0) is 55.8 Å². The summed E-state index contributed by atoms with van der Waals surface area (Å²) >= 11 is 0. The zero-order chi connectivity index (χ0) is 96.4. The Hall–Kier alpha value is -4.83. The van der Waals surface area contributed by atoms with Crippen LogP contribution in [0.15, 0.2) is 158 Å². The highest BCUT2D eigenvalue weighted by molar-refractivity contribution is 7.47. The Balaban J connectivity index is 4.57. The molecule has 0 amide bonds. The number of hydrogen-bond donors (Lipinski definition) is 4. The van der Waals surface area contributed by atoms with Gasteiger partial charge in [-0.2, -0.15) is 0 Å². The van der Waals surface area contributed by atoms with Gasteiger partial charge in [0.25, 0.3) is 0 Å². The lowest BCUT2D eigenvalue weighted by molar-refractivity contribution is -0.161. The van der Waals surface area contributed by atoms with Crippen molar-refractivity contribution in [3.05, 3.63) is 158 Å². The number of unbranched alkanes of at least 4 members (excludes halogenated alkanes) is 55. The fraction of sp³-hybridized carbons (Fsp3) is 0.748. The summed E-state index contributed by atoms with van der Waals surface area (Å²) in [7, 11) is -9.82. The van der Waals surface area contributed by atoms with Gasteiger partial charge in [-0.25, -0.2) is 9.13 Å². The van der Waals surface area contributed by atoms with Crippen molar-refractivity contribution < 1.29 is 75.8 Å². The van der Waals surface area contributed by atoms with E-state index in [1.165, 1.54) is 295 Å². The smallest absolute Gasteiger partial charge is 0.463 e. The predicted octanol–water partition coefficient (Wildman–Crippen LogP) is 35.1. The fourth-order valence-corrected chi connectivity index (χ4v) is 17.0. The SMILES string of the molecule is CC/C=C\C/C=C\C/C=C\C/C=C\C/C=C\CCCCCCCCCCCCCCCCCCCCCC(=O)OCC(O)COP(=O)(O)OCC(O)COP(=O)(O)OCC(COC(=O)CCCCCCCCCCCCCCCCCCC/C=C\C/C=C\C/C=C\C/C=C\CCCCC)OC(=O)CCCCCCCCCCCCCCC/C=C\C/C=C\C/C=C\C/C=C\CCCCC. The topological polar surface area (TPSA) is 231 Å². The van der Waals surface area contributed by atoms with Gasteiger partial charge >= 0.3 is 33.6 Å². The van der Waals surface area contributed by atoms with Gasteiger partial charge in [0.1, 0.15) is 25.4 Å². The van der Waals surface area contributed by atoms with Crippen molar-refractivity contribution in [2.24, 2.45) is 0 Å². The van der Waals surface area contributed by atoms with E-state index < -0.39 is 91.5 Å². The number of phosphoric ester groups is 2. The van der Waals surface area contributed by atoms with Crippen molar-refractivity contribution in [1.29, 1.82) is 0 Å².